The van der Waals surface area contributed by atoms with Crippen molar-refractivity contribution in [3.8, 4) is 0 Å². The molecular formula is C19H26N4OS. The minimum absolute atomic E-state index is 0.0314. The van der Waals surface area contributed by atoms with Gasteiger partial charge in [-0.2, -0.15) is 0 Å². The molecule has 0 N–H and O–H groups in total. The lowest BCUT2D eigenvalue weighted by Gasteiger charge is -2.48. The lowest BCUT2D eigenvalue weighted by atomic mass is 9.90. The maximum atomic E-state index is 6.33. The molecule has 134 valence electrons. The molecule has 4 heterocycles. The van der Waals surface area contributed by atoms with Crippen molar-refractivity contribution in [3.63, 3.8) is 0 Å². The van der Waals surface area contributed by atoms with E-state index in [0.717, 1.165) is 63.0 Å². The number of likely N-dealkylation sites (tertiary alicyclic amines) is 1. The number of rotatable bonds is 4. The Bertz CT molecular complexity index is 688. The molecule has 1 spiro atoms. The number of aryl methyl sites for hydroxylation is 1. The van der Waals surface area contributed by atoms with Gasteiger partial charge in [-0.1, -0.05) is 6.07 Å². The van der Waals surface area contributed by atoms with Crippen molar-refractivity contribution < 1.29 is 4.74 Å². The Morgan fingerprint density at radius 1 is 1.16 bits per heavy atom. The average Bonchev–Trinajstić information content (AvgIpc) is 3.01. The van der Waals surface area contributed by atoms with E-state index in [9.17, 15) is 0 Å². The van der Waals surface area contributed by atoms with Gasteiger partial charge < -0.3 is 4.74 Å². The smallest absolute Gasteiger partial charge is 0.0936 e. The first-order valence-corrected chi connectivity index (χ1v) is 9.98. The predicted octanol–water partition coefficient (Wildman–Crippen LogP) is 2.71. The number of hydrogen-bond acceptors (Lipinski definition) is 6. The van der Waals surface area contributed by atoms with Crippen LogP contribution in [0, 0.1) is 6.92 Å². The third-order valence-corrected chi connectivity index (χ3v) is 5.93. The molecule has 4 rings (SSSR count). The van der Waals surface area contributed by atoms with Gasteiger partial charge in [-0.25, -0.2) is 4.98 Å². The van der Waals surface area contributed by atoms with Crippen molar-refractivity contribution in [2.75, 3.05) is 32.8 Å². The van der Waals surface area contributed by atoms with Crippen molar-refractivity contribution in [2.45, 2.75) is 38.5 Å². The highest BCUT2D eigenvalue weighted by atomic mass is 32.1. The summed E-state index contributed by atoms with van der Waals surface area (Å²) in [6.45, 7) is 8.87. The van der Waals surface area contributed by atoms with E-state index in [2.05, 4.69) is 44.2 Å². The Labute approximate surface area is 153 Å². The van der Waals surface area contributed by atoms with E-state index >= 15 is 0 Å². The third-order valence-electron chi connectivity index (χ3n) is 5.11. The van der Waals surface area contributed by atoms with E-state index in [0.29, 0.717) is 0 Å². The second kappa shape index (κ2) is 7.50. The van der Waals surface area contributed by atoms with Crippen LogP contribution in [-0.2, 0) is 17.8 Å². The van der Waals surface area contributed by atoms with Gasteiger partial charge in [0.15, 0.2) is 0 Å². The first kappa shape index (κ1) is 17.1. The molecule has 1 atom stereocenters. The van der Waals surface area contributed by atoms with Gasteiger partial charge in [-0.3, -0.25) is 14.8 Å². The van der Waals surface area contributed by atoms with Crippen molar-refractivity contribution in [1.82, 2.24) is 19.8 Å². The summed E-state index contributed by atoms with van der Waals surface area (Å²) in [5.41, 5.74) is 2.31. The van der Waals surface area contributed by atoms with Crippen LogP contribution in [0.2, 0.25) is 0 Å². The number of hydrogen-bond donors (Lipinski definition) is 0. The van der Waals surface area contributed by atoms with Gasteiger partial charge in [0, 0.05) is 44.3 Å². The van der Waals surface area contributed by atoms with Crippen LogP contribution in [0.1, 0.15) is 29.2 Å². The van der Waals surface area contributed by atoms with E-state index in [4.69, 9.17) is 4.74 Å². The third kappa shape index (κ3) is 4.26. The largest absolute Gasteiger partial charge is 0.371 e. The number of pyridine rings is 1. The van der Waals surface area contributed by atoms with Crippen LogP contribution in [-0.4, -0.2) is 58.2 Å². The maximum Gasteiger partial charge on any atom is 0.0936 e. The second-order valence-corrected chi connectivity index (χ2v) is 8.30. The van der Waals surface area contributed by atoms with Crippen molar-refractivity contribution >= 4 is 11.3 Å². The van der Waals surface area contributed by atoms with Gasteiger partial charge in [0.25, 0.3) is 0 Å². The summed E-state index contributed by atoms with van der Waals surface area (Å²) in [7, 11) is 0. The molecule has 2 aromatic rings. The van der Waals surface area contributed by atoms with Gasteiger partial charge in [0.2, 0.25) is 0 Å². The van der Waals surface area contributed by atoms with Gasteiger partial charge in [-0.05, 0) is 38.4 Å². The lowest BCUT2D eigenvalue weighted by molar-refractivity contribution is -0.143. The monoisotopic (exact) mass is 358 g/mol. The summed E-state index contributed by atoms with van der Waals surface area (Å²) in [5.74, 6) is 0. The number of piperidine rings is 1. The Kier molecular flexibility index (Phi) is 5.12. The molecule has 0 saturated carbocycles. The van der Waals surface area contributed by atoms with Crippen molar-refractivity contribution in [1.29, 1.82) is 0 Å². The van der Waals surface area contributed by atoms with Gasteiger partial charge >= 0.3 is 0 Å². The quantitative estimate of drug-likeness (QED) is 0.841. The average molecular weight is 359 g/mol. The summed E-state index contributed by atoms with van der Waals surface area (Å²) in [5, 5.41) is 3.34. The molecule has 0 aliphatic carbocycles. The normalized spacial score (nSPS) is 25.5. The predicted molar refractivity (Wildman–Crippen MR) is 99.6 cm³/mol. The minimum Gasteiger partial charge on any atom is -0.371 e. The Morgan fingerprint density at radius 2 is 2.00 bits per heavy atom. The summed E-state index contributed by atoms with van der Waals surface area (Å²) in [6.07, 6.45) is 4.22. The Balaban J connectivity index is 1.39. The zero-order chi connectivity index (χ0) is 17.1. The first-order chi connectivity index (χ1) is 12.2. The zero-order valence-corrected chi connectivity index (χ0v) is 15.7. The standard InChI is InChI=1S/C19H26N4OS/c1-16-21-18(13-25-16)12-22-8-4-6-19(14-22)15-23(9-10-24-19)11-17-5-2-3-7-20-17/h2-3,5,7,13H,4,6,8-12,14-15H2,1H3/t19-/m1/s1. The number of ether oxygens (including phenoxy) is 1. The molecule has 0 amide bonds. The molecule has 2 aliphatic heterocycles. The molecule has 2 aromatic heterocycles. The van der Waals surface area contributed by atoms with E-state index in [1.54, 1.807) is 11.3 Å². The highest BCUT2D eigenvalue weighted by Gasteiger charge is 2.40. The number of morpholine rings is 1. The molecule has 2 fully saturated rings. The fraction of sp³-hybridized carbons (Fsp3) is 0.579. The maximum absolute atomic E-state index is 6.33. The molecule has 25 heavy (non-hydrogen) atoms. The molecule has 5 nitrogen and oxygen atoms in total. The summed E-state index contributed by atoms with van der Waals surface area (Å²) < 4.78 is 6.33. The molecule has 0 aromatic carbocycles. The van der Waals surface area contributed by atoms with Crippen LogP contribution in [0.4, 0.5) is 0 Å². The topological polar surface area (TPSA) is 41.5 Å². The van der Waals surface area contributed by atoms with Crippen LogP contribution >= 0.6 is 11.3 Å². The van der Waals surface area contributed by atoms with Crippen molar-refractivity contribution in [3.05, 3.63) is 46.2 Å². The molecule has 2 aliphatic rings. The fourth-order valence-electron chi connectivity index (χ4n) is 4.06. The van der Waals surface area contributed by atoms with E-state index in [1.807, 2.05) is 12.3 Å². The summed E-state index contributed by atoms with van der Waals surface area (Å²) in [4.78, 5) is 14.1. The summed E-state index contributed by atoms with van der Waals surface area (Å²) in [6, 6.07) is 6.15. The van der Waals surface area contributed by atoms with Crippen LogP contribution in [0.25, 0.3) is 0 Å². The number of nitrogens with zero attached hydrogens (tertiary/aromatic N) is 4. The van der Waals surface area contributed by atoms with E-state index in [-0.39, 0.29) is 5.60 Å². The van der Waals surface area contributed by atoms with Crippen LogP contribution < -0.4 is 0 Å². The van der Waals surface area contributed by atoms with Crippen molar-refractivity contribution in [2.24, 2.45) is 0 Å². The first-order valence-electron chi connectivity index (χ1n) is 9.10. The highest BCUT2D eigenvalue weighted by Crippen LogP contribution is 2.30. The second-order valence-electron chi connectivity index (χ2n) is 7.24. The Morgan fingerprint density at radius 3 is 2.76 bits per heavy atom. The number of aromatic nitrogens is 2. The number of thiazole rings is 1. The van der Waals surface area contributed by atoms with Gasteiger partial charge in [0.05, 0.1) is 28.6 Å². The van der Waals surface area contributed by atoms with Crippen LogP contribution in [0.3, 0.4) is 0 Å². The summed E-state index contributed by atoms with van der Waals surface area (Å²) >= 11 is 1.74. The van der Waals surface area contributed by atoms with E-state index in [1.165, 1.54) is 12.1 Å². The fourth-order valence-corrected chi connectivity index (χ4v) is 4.67. The Hall–Kier alpha value is -1.34. The minimum atomic E-state index is -0.0314. The SMILES string of the molecule is Cc1nc(CN2CCC[C@]3(CN(Cc4ccccn4)CCO3)C2)cs1. The molecule has 0 unspecified atom stereocenters. The molecular weight excluding hydrogens is 332 g/mol. The van der Waals surface area contributed by atoms with Crippen LogP contribution in [0.5, 0.6) is 0 Å². The lowest BCUT2D eigenvalue weighted by Crippen LogP contribution is -2.59. The molecule has 0 radical (unpaired) electrons. The molecule has 2 saturated heterocycles. The van der Waals surface area contributed by atoms with E-state index < -0.39 is 0 Å². The van der Waals surface area contributed by atoms with Crippen LogP contribution in [0.15, 0.2) is 29.8 Å². The molecule has 0 bridgehead atoms. The van der Waals surface area contributed by atoms with Gasteiger partial charge in [-0.15, -0.1) is 11.3 Å². The molecule has 6 heteroatoms. The highest BCUT2D eigenvalue weighted by molar-refractivity contribution is 7.09. The zero-order valence-electron chi connectivity index (χ0n) is 14.9. The van der Waals surface area contributed by atoms with Gasteiger partial charge in [0.1, 0.15) is 0 Å².